The molecule has 4 saturated carbocycles. The van der Waals surface area contributed by atoms with Gasteiger partial charge in [-0.2, -0.15) is 0 Å². The highest BCUT2D eigenvalue weighted by Gasteiger charge is 2.50. The summed E-state index contributed by atoms with van der Waals surface area (Å²) in [4.78, 5) is 30.3. The number of carbonyl (C=O) groups excluding carboxylic acids is 2. The van der Waals surface area contributed by atoms with E-state index in [1.165, 1.54) is 38.5 Å². The molecule has 8 nitrogen and oxygen atoms in total. The molecule has 3 aromatic rings. The minimum Gasteiger partial charge on any atom is -0.494 e. The van der Waals surface area contributed by atoms with Crippen molar-refractivity contribution in [2.45, 2.75) is 58.3 Å². The first-order valence-electron chi connectivity index (χ1n) is 16.9. The molecule has 8 heteroatoms. The van der Waals surface area contributed by atoms with Crippen molar-refractivity contribution in [3.05, 3.63) is 71.9 Å². The normalized spacial score (nSPS) is 25.3. The van der Waals surface area contributed by atoms with Crippen molar-refractivity contribution in [3.63, 3.8) is 0 Å². The van der Waals surface area contributed by atoms with Crippen LogP contribution in [0.5, 0.6) is 5.75 Å². The number of nitrogens with one attached hydrogen (secondary N) is 1. The van der Waals surface area contributed by atoms with E-state index >= 15 is 0 Å². The van der Waals surface area contributed by atoms with Crippen molar-refractivity contribution in [3.8, 4) is 16.9 Å². The Morgan fingerprint density at radius 3 is 2.31 bits per heavy atom. The lowest BCUT2D eigenvalue weighted by Gasteiger charge is -2.56. The zero-order valence-corrected chi connectivity index (χ0v) is 26.4. The van der Waals surface area contributed by atoms with Gasteiger partial charge in [-0.15, -0.1) is 10.2 Å². The molecule has 0 radical (unpaired) electrons. The maximum atomic E-state index is 13.2. The lowest BCUT2D eigenvalue weighted by Crippen LogP contribution is -2.51. The maximum absolute atomic E-state index is 13.2. The fraction of sp³-hybridized carbons (Fsp3) is 0.514. The SMILES string of the molecule is CCOc1cccc(-c2ccccc2CCC(=O)N2CCN(c3ccc(C(=O)NCC45CC6CC(CC(C6)C4)C5)nn3)CC2)c1. The van der Waals surface area contributed by atoms with Gasteiger partial charge < -0.3 is 19.9 Å². The maximum Gasteiger partial charge on any atom is 0.271 e. The summed E-state index contributed by atoms with van der Waals surface area (Å²) in [7, 11) is 0. The van der Waals surface area contributed by atoms with E-state index < -0.39 is 0 Å². The second-order valence-electron chi connectivity index (χ2n) is 13.9. The lowest BCUT2D eigenvalue weighted by molar-refractivity contribution is -0.131. The molecule has 2 aromatic carbocycles. The van der Waals surface area contributed by atoms with E-state index in [9.17, 15) is 9.59 Å². The van der Waals surface area contributed by atoms with Gasteiger partial charge >= 0.3 is 0 Å². The summed E-state index contributed by atoms with van der Waals surface area (Å²) in [6, 6.07) is 20.1. The largest absolute Gasteiger partial charge is 0.494 e. The summed E-state index contributed by atoms with van der Waals surface area (Å²) < 4.78 is 5.70. The average Bonchev–Trinajstić information content (AvgIpc) is 3.06. The molecule has 1 saturated heterocycles. The summed E-state index contributed by atoms with van der Waals surface area (Å²) in [5.41, 5.74) is 4.08. The molecule has 236 valence electrons. The predicted molar refractivity (Wildman–Crippen MR) is 175 cm³/mol. The molecule has 0 atom stereocenters. The highest BCUT2D eigenvalue weighted by Crippen LogP contribution is 2.59. The molecule has 4 bridgehead atoms. The Morgan fingerprint density at radius 2 is 1.62 bits per heavy atom. The van der Waals surface area contributed by atoms with Crippen molar-refractivity contribution in [1.82, 2.24) is 20.4 Å². The van der Waals surface area contributed by atoms with Crippen molar-refractivity contribution >= 4 is 17.6 Å². The van der Waals surface area contributed by atoms with Gasteiger partial charge in [-0.05, 0) is 116 Å². The molecular weight excluding hydrogens is 562 g/mol. The molecular formula is C37H45N5O3. The second kappa shape index (κ2) is 12.8. The minimum absolute atomic E-state index is 0.121. The van der Waals surface area contributed by atoms with E-state index in [4.69, 9.17) is 4.74 Å². The van der Waals surface area contributed by atoms with Crippen LogP contribution >= 0.6 is 0 Å². The zero-order chi connectivity index (χ0) is 30.8. The van der Waals surface area contributed by atoms with E-state index in [2.05, 4.69) is 44.7 Å². The molecule has 45 heavy (non-hydrogen) atoms. The third kappa shape index (κ3) is 6.56. The number of hydrogen-bond acceptors (Lipinski definition) is 6. The van der Waals surface area contributed by atoms with Crippen LogP contribution in [0.2, 0.25) is 0 Å². The van der Waals surface area contributed by atoms with Gasteiger partial charge in [-0.25, -0.2) is 0 Å². The van der Waals surface area contributed by atoms with E-state index in [1.807, 2.05) is 42.2 Å². The van der Waals surface area contributed by atoms with Crippen LogP contribution in [0.3, 0.4) is 0 Å². The zero-order valence-electron chi connectivity index (χ0n) is 26.4. The molecule has 1 aromatic heterocycles. The lowest BCUT2D eigenvalue weighted by atomic mass is 9.49. The third-order valence-electron chi connectivity index (χ3n) is 10.7. The van der Waals surface area contributed by atoms with Crippen molar-refractivity contribution < 1.29 is 14.3 Å². The second-order valence-corrected chi connectivity index (χ2v) is 13.9. The predicted octanol–water partition coefficient (Wildman–Crippen LogP) is 5.77. The number of ether oxygens (including phenoxy) is 1. The van der Waals surface area contributed by atoms with Gasteiger partial charge in [0.05, 0.1) is 6.61 Å². The van der Waals surface area contributed by atoms with Gasteiger partial charge in [0.15, 0.2) is 11.5 Å². The highest BCUT2D eigenvalue weighted by molar-refractivity contribution is 5.92. The van der Waals surface area contributed by atoms with Gasteiger partial charge in [-0.3, -0.25) is 9.59 Å². The number of aromatic nitrogens is 2. The number of piperazine rings is 1. The monoisotopic (exact) mass is 607 g/mol. The van der Waals surface area contributed by atoms with Crippen LogP contribution in [0.4, 0.5) is 5.82 Å². The van der Waals surface area contributed by atoms with Crippen LogP contribution in [-0.4, -0.2) is 66.2 Å². The first kappa shape index (κ1) is 29.8. The van der Waals surface area contributed by atoms with Crippen LogP contribution in [-0.2, 0) is 11.2 Å². The summed E-state index contributed by atoms with van der Waals surface area (Å²) in [5, 5.41) is 11.9. The molecule has 0 unspecified atom stereocenters. The first-order valence-corrected chi connectivity index (χ1v) is 16.9. The van der Waals surface area contributed by atoms with Crippen molar-refractivity contribution in [2.24, 2.45) is 23.2 Å². The Bertz CT molecular complexity index is 1480. The van der Waals surface area contributed by atoms with Gasteiger partial charge in [0.1, 0.15) is 5.75 Å². The van der Waals surface area contributed by atoms with Gasteiger partial charge in [0.2, 0.25) is 5.91 Å². The van der Waals surface area contributed by atoms with Gasteiger partial charge in [0.25, 0.3) is 5.91 Å². The minimum atomic E-state index is -0.121. The molecule has 1 N–H and O–H groups in total. The van der Waals surface area contributed by atoms with Crippen molar-refractivity contribution in [1.29, 1.82) is 0 Å². The number of hydrogen-bond donors (Lipinski definition) is 1. The van der Waals surface area contributed by atoms with Crippen LogP contribution in [0.25, 0.3) is 11.1 Å². The number of rotatable bonds is 10. The van der Waals surface area contributed by atoms with Crippen LogP contribution in [0.1, 0.15) is 67.9 Å². The number of carbonyl (C=O) groups is 2. The van der Waals surface area contributed by atoms with E-state index in [0.717, 1.165) is 52.6 Å². The molecule has 8 rings (SSSR count). The average molecular weight is 608 g/mol. The van der Waals surface area contributed by atoms with Crippen molar-refractivity contribution in [2.75, 3.05) is 44.2 Å². The number of nitrogens with zero attached hydrogens (tertiary/aromatic N) is 4. The Hall–Kier alpha value is -3.94. The Labute approximate surface area is 266 Å². The van der Waals surface area contributed by atoms with Gasteiger partial charge in [0, 0.05) is 39.1 Å². The fourth-order valence-electron chi connectivity index (χ4n) is 9.00. The van der Waals surface area contributed by atoms with Crippen LogP contribution in [0, 0.1) is 23.2 Å². The quantitative estimate of drug-likeness (QED) is 0.315. The summed E-state index contributed by atoms with van der Waals surface area (Å²) >= 11 is 0. The van der Waals surface area contributed by atoms with Crippen LogP contribution < -0.4 is 15.0 Å². The topological polar surface area (TPSA) is 87.7 Å². The Morgan fingerprint density at radius 1 is 0.889 bits per heavy atom. The summed E-state index contributed by atoms with van der Waals surface area (Å²) in [6.45, 7) is 6.05. The third-order valence-corrected chi connectivity index (χ3v) is 10.7. The number of aryl methyl sites for hydroxylation is 1. The van der Waals surface area contributed by atoms with Crippen LogP contribution in [0.15, 0.2) is 60.7 Å². The Kier molecular flexibility index (Phi) is 8.47. The molecule has 1 aliphatic heterocycles. The fourth-order valence-corrected chi connectivity index (χ4v) is 9.00. The molecule has 4 aliphatic carbocycles. The summed E-state index contributed by atoms with van der Waals surface area (Å²) in [5.74, 6) is 4.27. The number of amides is 2. The standard InChI is InChI=1S/C37H45N5O3/c1-2-45-31-8-5-7-30(21-31)32-9-4-3-6-29(32)10-13-35(43)42-16-14-41(15-17-42)34-12-11-33(39-40-34)36(44)38-25-37-22-26-18-27(23-37)20-28(19-26)24-37/h3-9,11-12,21,26-28H,2,10,13-20,22-25H2,1H3,(H,38,44). The smallest absolute Gasteiger partial charge is 0.271 e. The number of benzene rings is 2. The highest BCUT2D eigenvalue weighted by atomic mass is 16.5. The number of anilines is 1. The van der Waals surface area contributed by atoms with E-state index in [1.54, 1.807) is 6.07 Å². The molecule has 2 heterocycles. The van der Waals surface area contributed by atoms with Gasteiger partial charge in [-0.1, -0.05) is 36.4 Å². The van der Waals surface area contributed by atoms with E-state index in [0.29, 0.717) is 56.7 Å². The molecule has 5 aliphatic rings. The summed E-state index contributed by atoms with van der Waals surface area (Å²) in [6.07, 6.45) is 9.19. The molecule has 2 amide bonds. The molecule has 0 spiro atoms. The first-order chi connectivity index (χ1) is 22.0. The Balaban J connectivity index is 0.889. The molecule has 5 fully saturated rings. The van der Waals surface area contributed by atoms with E-state index in [-0.39, 0.29) is 11.8 Å².